The van der Waals surface area contributed by atoms with Crippen molar-refractivity contribution in [3.05, 3.63) is 24.3 Å². The van der Waals surface area contributed by atoms with Crippen molar-refractivity contribution in [1.29, 1.82) is 0 Å². The van der Waals surface area contributed by atoms with Gasteiger partial charge in [0.05, 0.1) is 6.61 Å². The predicted molar refractivity (Wildman–Crippen MR) is 79.6 cm³/mol. The molecule has 20 heavy (non-hydrogen) atoms. The number of benzene rings is 1. The summed E-state index contributed by atoms with van der Waals surface area (Å²) in [5.41, 5.74) is 6.23. The molecule has 0 saturated carbocycles. The van der Waals surface area contributed by atoms with Crippen LogP contribution in [0.15, 0.2) is 24.3 Å². The van der Waals surface area contributed by atoms with Crippen LogP contribution in [0.3, 0.4) is 0 Å². The Balaban J connectivity index is 2.04. The molecule has 0 spiro atoms. The van der Waals surface area contributed by atoms with Gasteiger partial charge >= 0.3 is 0 Å². The smallest absolute Gasteiger partial charge is 0.258 e. The molecule has 0 saturated heterocycles. The molecule has 1 amide bonds. The highest BCUT2D eigenvalue weighted by Gasteiger charge is 2.02. The van der Waals surface area contributed by atoms with Crippen molar-refractivity contribution in [3.8, 4) is 5.75 Å². The lowest BCUT2D eigenvalue weighted by Crippen LogP contribution is -2.31. The summed E-state index contributed by atoms with van der Waals surface area (Å²) >= 11 is 0. The molecule has 1 aromatic rings. The number of nitrogens with one attached hydrogen (secondary N) is 1. The topological polar surface area (TPSA) is 73.6 Å². The number of amides is 1. The molecule has 0 aliphatic carbocycles. The van der Waals surface area contributed by atoms with Crippen LogP contribution in [0, 0.1) is 5.92 Å². The second kappa shape index (κ2) is 9.20. The summed E-state index contributed by atoms with van der Waals surface area (Å²) in [5.74, 6) is 1.11. The zero-order valence-corrected chi connectivity index (χ0v) is 12.2. The van der Waals surface area contributed by atoms with E-state index in [2.05, 4.69) is 19.2 Å². The van der Waals surface area contributed by atoms with Crippen molar-refractivity contribution in [2.24, 2.45) is 5.92 Å². The third kappa shape index (κ3) is 7.63. The molecule has 5 heteroatoms. The van der Waals surface area contributed by atoms with E-state index in [1.807, 2.05) is 0 Å². The van der Waals surface area contributed by atoms with Crippen LogP contribution in [0.5, 0.6) is 5.75 Å². The molecule has 0 heterocycles. The molecular formula is C15H24N2O3. The zero-order chi connectivity index (χ0) is 14.8. The second-order valence-corrected chi connectivity index (χ2v) is 5.00. The Labute approximate surface area is 120 Å². The molecule has 0 aliphatic rings. The Bertz CT molecular complexity index is 391. The van der Waals surface area contributed by atoms with Crippen molar-refractivity contribution >= 4 is 11.6 Å². The Morgan fingerprint density at radius 2 is 1.95 bits per heavy atom. The van der Waals surface area contributed by atoms with Gasteiger partial charge in [-0.05, 0) is 36.6 Å². The summed E-state index contributed by atoms with van der Waals surface area (Å²) in [4.78, 5) is 11.5. The normalized spacial score (nSPS) is 10.6. The summed E-state index contributed by atoms with van der Waals surface area (Å²) in [6.07, 6.45) is 1.04. The minimum Gasteiger partial charge on any atom is -0.484 e. The van der Waals surface area contributed by atoms with Gasteiger partial charge < -0.3 is 20.5 Å². The molecule has 0 radical (unpaired) electrons. The van der Waals surface area contributed by atoms with E-state index in [9.17, 15) is 4.79 Å². The maximum absolute atomic E-state index is 11.5. The molecule has 112 valence electrons. The van der Waals surface area contributed by atoms with Crippen LogP contribution in [-0.4, -0.2) is 32.3 Å². The van der Waals surface area contributed by atoms with E-state index in [1.54, 1.807) is 24.3 Å². The van der Waals surface area contributed by atoms with Gasteiger partial charge in [-0.2, -0.15) is 0 Å². The maximum Gasteiger partial charge on any atom is 0.258 e. The van der Waals surface area contributed by atoms with Crippen molar-refractivity contribution in [2.45, 2.75) is 20.3 Å². The van der Waals surface area contributed by atoms with Gasteiger partial charge in [0, 0.05) is 18.8 Å². The highest BCUT2D eigenvalue weighted by Crippen LogP contribution is 2.12. The fourth-order valence-electron chi connectivity index (χ4n) is 1.45. The summed E-state index contributed by atoms with van der Waals surface area (Å²) in [6.45, 7) is 6.06. The molecule has 0 atom stereocenters. The Morgan fingerprint density at radius 3 is 2.60 bits per heavy atom. The first-order valence-corrected chi connectivity index (χ1v) is 6.90. The molecule has 0 aliphatic heterocycles. The molecule has 1 rings (SSSR count). The SMILES string of the molecule is CC(C)CCOCCNC(=O)COc1ccc(N)cc1. The molecular weight excluding hydrogens is 256 g/mol. The van der Waals surface area contributed by atoms with Gasteiger partial charge in [0.25, 0.3) is 5.91 Å². The summed E-state index contributed by atoms with van der Waals surface area (Å²) < 4.78 is 10.7. The van der Waals surface area contributed by atoms with E-state index in [4.69, 9.17) is 15.2 Å². The number of carbonyl (C=O) groups excluding carboxylic acids is 1. The second-order valence-electron chi connectivity index (χ2n) is 5.00. The lowest BCUT2D eigenvalue weighted by atomic mass is 10.1. The van der Waals surface area contributed by atoms with Crippen LogP contribution in [0.1, 0.15) is 20.3 Å². The van der Waals surface area contributed by atoms with E-state index in [-0.39, 0.29) is 12.5 Å². The quantitative estimate of drug-likeness (QED) is 0.534. The number of nitrogen functional groups attached to an aromatic ring is 1. The highest BCUT2D eigenvalue weighted by atomic mass is 16.5. The number of carbonyl (C=O) groups is 1. The van der Waals surface area contributed by atoms with E-state index in [0.717, 1.165) is 13.0 Å². The van der Waals surface area contributed by atoms with Gasteiger partial charge in [0.15, 0.2) is 6.61 Å². The molecule has 0 aromatic heterocycles. The molecule has 0 unspecified atom stereocenters. The van der Waals surface area contributed by atoms with Gasteiger partial charge in [0.2, 0.25) is 0 Å². The van der Waals surface area contributed by atoms with E-state index >= 15 is 0 Å². The fourth-order valence-corrected chi connectivity index (χ4v) is 1.45. The van der Waals surface area contributed by atoms with Crippen molar-refractivity contribution in [1.82, 2.24) is 5.32 Å². The van der Waals surface area contributed by atoms with E-state index in [1.165, 1.54) is 0 Å². The fraction of sp³-hybridized carbons (Fsp3) is 0.533. The summed E-state index contributed by atoms with van der Waals surface area (Å²) in [7, 11) is 0. The standard InChI is InChI=1S/C15H24N2O3/c1-12(2)7-9-19-10-8-17-15(18)11-20-14-5-3-13(16)4-6-14/h3-6,12H,7-11,16H2,1-2H3,(H,17,18). The Morgan fingerprint density at radius 1 is 1.25 bits per heavy atom. The predicted octanol–water partition coefficient (Wildman–Crippen LogP) is 1.83. The minimum atomic E-state index is -0.158. The average Bonchev–Trinajstić information content (AvgIpc) is 2.41. The summed E-state index contributed by atoms with van der Waals surface area (Å²) in [5, 5.41) is 2.74. The number of nitrogens with two attached hydrogens (primary N) is 1. The van der Waals surface area contributed by atoms with E-state index in [0.29, 0.717) is 30.5 Å². The van der Waals surface area contributed by atoms with Gasteiger partial charge in [-0.25, -0.2) is 0 Å². The van der Waals surface area contributed by atoms with Crippen LogP contribution in [-0.2, 0) is 9.53 Å². The number of hydrogen-bond donors (Lipinski definition) is 2. The summed E-state index contributed by atoms with van der Waals surface area (Å²) in [6, 6.07) is 6.93. The van der Waals surface area contributed by atoms with Crippen LogP contribution in [0.25, 0.3) is 0 Å². The first-order chi connectivity index (χ1) is 9.58. The maximum atomic E-state index is 11.5. The minimum absolute atomic E-state index is 0.00406. The monoisotopic (exact) mass is 280 g/mol. The van der Waals surface area contributed by atoms with Crippen LogP contribution >= 0.6 is 0 Å². The van der Waals surface area contributed by atoms with Crippen LogP contribution in [0.2, 0.25) is 0 Å². The molecule has 0 fully saturated rings. The van der Waals surface area contributed by atoms with Gasteiger partial charge in [0.1, 0.15) is 5.75 Å². The highest BCUT2D eigenvalue weighted by molar-refractivity contribution is 5.77. The van der Waals surface area contributed by atoms with Crippen molar-refractivity contribution < 1.29 is 14.3 Å². The zero-order valence-electron chi connectivity index (χ0n) is 12.2. The van der Waals surface area contributed by atoms with Crippen molar-refractivity contribution in [2.75, 3.05) is 32.1 Å². The first-order valence-electron chi connectivity index (χ1n) is 6.90. The molecule has 1 aromatic carbocycles. The lowest BCUT2D eigenvalue weighted by Gasteiger charge is -2.09. The van der Waals surface area contributed by atoms with Crippen LogP contribution < -0.4 is 15.8 Å². The van der Waals surface area contributed by atoms with Crippen LogP contribution in [0.4, 0.5) is 5.69 Å². The number of ether oxygens (including phenoxy) is 2. The third-order valence-corrected chi connectivity index (χ3v) is 2.66. The van der Waals surface area contributed by atoms with Crippen molar-refractivity contribution in [3.63, 3.8) is 0 Å². The number of rotatable bonds is 9. The van der Waals surface area contributed by atoms with Gasteiger partial charge in [-0.3, -0.25) is 4.79 Å². The average molecular weight is 280 g/mol. The molecule has 3 N–H and O–H groups in total. The lowest BCUT2D eigenvalue weighted by molar-refractivity contribution is -0.123. The van der Waals surface area contributed by atoms with Gasteiger partial charge in [-0.15, -0.1) is 0 Å². The largest absolute Gasteiger partial charge is 0.484 e. The molecule has 0 bridgehead atoms. The van der Waals surface area contributed by atoms with E-state index < -0.39 is 0 Å². The van der Waals surface area contributed by atoms with Gasteiger partial charge in [-0.1, -0.05) is 13.8 Å². The first kappa shape index (κ1) is 16.3. The Kier molecular flexibility index (Phi) is 7.50. The molecule has 5 nitrogen and oxygen atoms in total. The third-order valence-electron chi connectivity index (χ3n) is 2.66. The number of hydrogen-bond acceptors (Lipinski definition) is 4. The number of anilines is 1. The Hall–Kier alpha value is -1.75.